The fourth-order valence-electron chi connectivity index (χ4n) is 2.15. The predicted octanol–water partition coefficient (Wildman–Crippen LogP) is 0.801. The number of ether oxygens (including phenoxy) is 2. The number of carboxylic acids is 1. The summed E-state index contributed by atoms with van der Waals surface area (Å²) in [6.45, 7) is 2.25. The fourth-order valence-corrected chi connectivity index (χ4v) is 2.15. The van der Waals surface area contributed by atoms with Crippen molar-refractivity contribution in [1.82, 2.24) is 4.90 Å². The molecule has 1 aromatic carbocycles. The van der Waals surface area contributed by atoms with E-state index < -0.39 is 5.97 Å². The van der Waals surface area contributed by atoms with Crippen molar-refractivity contribution in [2.24, 2.45) is 0 Å². The normalized spacial score (nSPS) is 14.8. The summed E-state index contributed by atoms with van der Waals surface area (Å²) in [4.78, 5) is 24.6. The number of amides is 1. The van der Waals surface area contributed by atoms with Gasteiger partial charge in [-0.15, -0.1) is 0 Å². The van der Waals surface area contributed by atoms with Crippen LogP contribution in [0.5, 0.6) is 0 Å². The highest BCUT2D eigenvalue weighted by atomic mass is 16.5. The van der Waals surface area contributed by atoms with E-state index in [1.54, 1.807) is 24.1 Å². The zero-order valence-electron chi connectivity index (χ0n) is 11.9. The Morgan fingerprint density at radius 1 is 1.33 bits per heavy atom. The van der Waals surface area contributed by atoms with Crippen LogP contribution in [0.1, 0.15) is 15.9 Å². The maximum absolute atomic E-state index is 12.0. The molecule has 0 bridgehead atoms. The second-order valence-electron chi connectivity index (χ2n) is 4.97. The van der Waals surface area contributed by atoms with Crippen molar-refractivity contribution < 1.29 is 24.2 Å². The van der Waals surface area contributed by atoms with E-state index in [9.17, 15) is 9.59 Å². The number of carbonyl (C=O) groups excluding carboxylic acids is 1. The summed E-state index contributed by atoms with van der Waals surface area (Å²) in [5.74, 6) is -0.996. The van der Waals surface area contributed by atoms with Crippen LogP contribution in [0.25, 0.3) is 0 Å². The fraction of sp³-hybridized carbons (Fsp3) is 0.467. The first-order chi connectivity index (χ1) is 10.1. The number of methoxy groups -OCH3 is 1. The summed E-state index contributed by atoms with van der Waals surface area (Å²) in [5.41, 5.74) is 0.910. The lowest BCUT2D eigenvalue weighted by atomic mass is 10.1. The van der Waals surface area contributed by atoms with E-state index in [0.29, 0.717) is 31.9 Å². The molecule has 1 amide bonds. The molecular weight excluding hydrogens is 274 g/mol. The predicted molar refractivity (Wildman–Crippen MR) is 75.3 cm³/mol. The highest BCUT2D eigenvalue weighted by molar-refractivity contribution is 5.88. The van der Waals surface area contributed by atoms with Crippen LogP contribution in [-0.2, 0) is 20.7 Å². The molecule has 0 unspecified atom stereocenters. The lowest BCUT2D eigenvalue weighted by Crippen LogP contribution is -2.55. The van der Waals surface area contributed by atoms with Gasteiger partial charge in [0.1, 0.15) is 0 Å². The first-order valence-corrected chi connectivity index (χ1v) is 6.80. The van der Waals surface area contributed by atoms with Gasteiger partial charge in [0.25, 0.3) is 0 Å². The summed E-state index contributed by atoms with van der Waals surface area (Å²) >= 11 is 0. The van der Waals surface area contributed by atoms with Gasteiger partial charge in [-0.25, -0.2) is 4.79 Å². The molecule has 1 aromatic rings. The van der Waals surface area contributed by atoms with Gasteiger partial charge < -0.3 is 19.5 Å². The minimum absolute atomic E-state index is 0.0101. The maximum atomic E-state index is 12.0. The van der Waals surface area contributed by atoms with Crippen LogP contribution in [0.2, 0.25) is 0 Å². The Balaban J connectivity index is 1.78. The van der Waals surface area contributed by atoms with Crippen LogP contribution in [0.15, 0.2) is 24.3 Å². The largest absolute Gasteiger partial charge is 0.478 e. The number of nitrogens with zero attached hydrogens (tertiary/aromatic N) is 1. The monoisotopic (exact) mass is 293 g/mol. The van der Waals surface area contributed by atoms with Gasteiger partial charge in [0.15, 0.2) is 0 Å². The highest BCUT2D eigenvalue weighted by Crippen LogP contribution is 2.15. The number of likely N-dealkylation sites (tertiary alicyclic amines) is 1. The average molecular weight is 293 g/mol. The number of carbonyl (C=O) groups is 2. The molecule has 1 N–H and O–H groups in total. The molecular formula is C15H19NO5. The van der Waals surface area contributed by atoms with Crippen molar-refractivity contribution in [3.63, 3.8) is 0 Å². The van der Waals surface area contributed by atoms with Crippen LogP contribution in [0.3, 0.4) is 0 Å². The van der Waals surface area contributed by atoms with E-state index in [-0.39, 0.29) is 24.0 Å². The standard InChI is InChI=1S/C15H19NO5/c1-20-5-6-21-13-9-16(10-13)14(17)8-11-3-2-4-12(7-11)15(18)19/h2-4,7,13H,5-6,8-10H2,1H3,(H,18,19). The summed E-state index contributed by atoms with van der Waals surface area (Å²) in [6, 6.07) is 6.46. The topological polar surface area (TPSA) is 76.1 Å². The van der Waals surface area contributed by atoms with E-state index in [1.807, 2.05) is 0 Å². The Kier molecular flexibility index (Phi) is 5.30. The minimum atomic E-state index is -0.986. The molecule has 6 nitrogen and oxygen atoms in total. The number of rotatable bonds is 7. The second-order valence-corrected chi connectivity index (χ2v) is 4.97. The molecule has 114 valence electrons. The molecule has 0 spiro atoms. The molecule has 0 atom stereocenters. The summed E-state index contributed by atoms with van der Waals surface area (Å²) < 4.78 is 10.4. The van der Waals surface area contributed by atoms with Crippen molar-refractivity contribution in [3.05, 3.63) is 35.4 Å². The SMILES string of the molecule is COCCOC1CN(C(=O)Cc2cccc(C(=O)O)c2)C1. The zero-order chi connectivity index (χ0) is 15.2. The van der Waals surface area contributed by atoms with E-state index in [2.05, 4.69) is 0 Å². The van der Waals surface area contributed by atoms with E-state index in [0.717, 1.165) is 0 Å². The Bertz CT molecular complexity index is 511. The molecule has 0 radical (unpaired) electrons. The molecule has 6 heteroatoms. The first kappa shape index (κ1) is 15.5. The maximum Gasteiger partial charge on any atom is 0.335 e. The molecule has 1 aliphatic heterocycles. The lowest BCUT2D eigenvalue weighted by Gasteiger charge is -2.39. The van der Waals surface area contributed by atoms with Gasteiger partial charge in [0, 0.05) is 20.2 Å². The van der Waals surface area contributed by atoms with Crippen LogP contribution >= 0.6 is 0 Å². The molecule has 0 aromatic heterocycles. The van der Waals surface area contributed by atoms with Crippen LogP contribution in [0, 0.1) is 0 Å². The molecule has 2 rings (SSSR count). The Hall–Kier alpha value is -1.92. The third-order valence-corrected chi connectivity index (χ3v) is 3.37. The molecule has 1 heterocycles. The molecule has 1 saturated heterocycles. The van der Waals surface area contributed by atoms with Crippen molar-refractivity contribution >= 4 is 11.9 Å². The highest BCUT2D eigenvalue weighted by Gasteiger charge is 2.30. The van der Waals surface area contributed by atoms with E-state index in [4.69, 9.17) is 14.6 Å². The van der Waals surface area contributed by atoms with Crippen LogP contribution in [-0.4, -0.2) is 61.4 Å². The average Bonchev–Trinajstić information content (AvgIpc) is 2.41. The van der Waals surface area contributed by atoms with E-state index >= 15 is 0 Å². The van der Waals surface area contributed by atoms with Crippen LogP contribution < -0.4 is 0 Å². The zero-order valence-corrected chi connectivity index (χ0v) is 11.9. The second kappa shape index (κ2) is 7.19. The number of hydrogen-bond acceptors (Lipinski definition) is 4. The summed E-state index contributed by atoms with van der Waals surface area (Å²) in [7, 11) is 1.62. The van der Waals surface area contributed by atoms with Crippen molar-refractivity contribution in [2.75, 3.05) is 33.4 Å². The molecule has 0 saturated carbocycles. The van der Waals surface area contributed by atoms with Crippen LogP contribution in [0.4, 0.5) is 0 Å². The van der Waals surface area contributed by atoms with Crippen molar-refractivity contribution in [1.29, 1.82) is 0 Å². The quantitative estimate of drug-likeness (QED) is 0.753. The Morgan fingerprint density at radius 3 is 2.76 bits per heavy atom. The lowest BCUT2D eigenvalue weighted by molar-refractivity contribution is -0.145. The van der Waals surface area contributed by atoms with Gasteiger partial charge in [0.2, 0.25) is 5.91 Å². The van der Waals surface area contributed by atoms with Gasteiger partial charge in [0.05, 0.1) is 31.3 Å². The van der Waals surface area contributed by atoms with Gasteiger partial charge in [-0.3, -0.25) is 4.79 Å². The van der Waals surface area contributed by atoms with Gasteiger partial charge in [-0.2, -0.15) is 0 Å². The van der Waals surface area contributed by atoms with Crippen molar-refractivity contribution in [3.8, 4) is 0 Å². The van der Waals surface area contributed by atoms with Gasteiger partial charge >= 0.3 is 5.97 Å². The number of aromatic carboxylic acids is 1. The minimum Gasteiger partial charge on any atom is -0.478 e. The van der Waals surface area contributed by atoms with Gasteiger partial charge in [-0.1, -0.05) is 12.1 Å². The first-order valence-electron chi connectivity index (χ1n) is 6.80. The smallest absolute Gasteiger partial charge is 0.335 e. The Morgan fingerprint density at radius 2 is 2.10 bits per heavy atom. The molecule has 1 aliphatic rings. The summed E-state index contributed by atoms with van der Waals surface area (Å²) in [6.07, 6.45) is 0.292. The molecule has 0 aliphatic carbocycles. The third kappa shape index (κ3) is 4.27. The molecule has 21 heavy (non-hydrogen) atoms. The van der Waals surface area contributed by atoms with Gasteiger partial charge in [-0.05, 0) is 17.7 Å². The Labute approximate surface area is 123 Å². The molecule has 1 fully saturated rings. The summed E-state index contributed by atoms with van der Waals surface area (Å²) in [5, 5.41) is 8.93. The number of benzene rings is 1. The van der Waals surface area contributed by atoms with E-state index in [1.165, 1.54) is 12.1 Å². The third-order valence-electron chi connectivity index (χ3n) is 3.37. The van der Waals surface area contributed by atoms with Crippen molar-refractivity contribution in [2.45, 2.75) is 12.5 Å². The number of hydrogen-bond donors (Lipinski definition) is 1. The number of carboxylic acid groups (broad SMARTS) is 1.